The summed E-state index contributed by atoms with van der Waals surface area (Å²) < 4.78 is 14.1. The molecule has 0 spiro atoms. The molecular weight excluding hydrogens is 381 g/mol. The number of benzene rings is 2. The predicted octanol–water partition coefficient (Wildman–Crippen LogP) is 4.43. The van der Waals surface area contributed by atoms with Crippen molar-refractivity contribution < 1.29 is 9.18 Å². The van der Waals surface area contributed by atoms with Crippen LogP contribution in [0.3, 0.4) is 0 Å². The summed E-state index contributed by atoms with van der Waals surface area (Å²) in [5.41, 5.74) is 2.09. The topological polar surface area (TPSA) is 36.4 Å². The van der Waals surface area contributed by atoms with E-state index in [2.05, 4.69) is 11.1 Å². The Balaban J connectivity index is 1.78. The van der Waals surface area contributed by atoms with Crippen LogP contribution in [0.4, 0.5) is 9.52 Å². The van der Waals surface area contributed by atoms with E-state index in [9.17, 15) is 9.18 Å². The monoisotopic (exact) mass is 403 g/mol. The number of anilines is 1. The van der Waals surface area contributed by atoms with Gasteiger partial charge in [0.1, 0.15) is 5.82 Å². The fourth-order valence-corrected chi connectivity index (χ4v) is 4.40. The van der Waals surface area contributed by atoms with E-state index in [0.717, 1.165) is 26.8 Å². The van der Waals surface area contributed by atoms with E-state index in [-0.39, 0.29) is 17.5 Å². The molecule has 27 heavy (non-hydrogen) atoms. The van der Waals surface area contributed by atoms with Gasteiger partial charge in [0, 0.05) is 18.0 Å². The normalized spacial score (nSPS) is 11.3. The molecule has 0 N–H and O–H groups in total. The minimum Gasteiger partial charge on any atom is -0.308 e. The van der Waals surface area contributed by atoms with Crippen LogP contribution in [0.2, 0.25) is 0 Å². The molecule has 0 saturated carbocycles. The highest BCUT2D eigenvalue weighted by molar-refractivity contribution is 8.00. The number of halogens is 1. The average molecular weight is 404 g/mol. The molecule has 0 radical (unpaired) electrons. The van der Waals surface area contributed by atoms with Crippen LogP contribution < -0.4 is 4.90 Å². The van der Waals surface area contributed by atoms with E-state index < -0.39 is 0 Å². The minimum absolute atomic E-state index is 0.00181. The summed E-state index contributed by atoms with van der Waals surface area (Å²) in [6, 6.07) is 12.3. The SMILES string of the molecule is Cc1ccc2nc(N(CCN(C)C)C(=O)CSc3ccc(F)cc3)sc2c1. The molecular formula is C20H22FN3OS2. The molecule has 3 aromatic rings. The Morgan fingerprint density at radius 3 is 2.59 bits per heavy atom. The number of aryl methyl sites for hydroxylation is 1. The van der Waals surface area contributed by atoms with Crippen molar-refractivity contribution in [3.63, 3.8) is 0 Å². The predicted molar refractivity (Wildman–Crippen MR) is 112 cm³/mol. The number of fused-ring (bicyclic) bond motifs is 1. The van der Waals surface area contributed by atoms with Gasteiger partial charge in [-0.2, -0.15) is 0 Å². The molecule has 0 bridgehead atoms. The summed E-state index contributed by atoms with van der Waals surface area (Å²) in [5.74, 6) is 0.0126. The van der Waals surface area contributed by atoms with Gasteiger partial charge in [-0.1, -0.05) is 17.4 Å². The number of carbonyl (C=O) groups is 1. The zero-order chi connectivity index (χ0) is 19.4. The van der Waals surface area contributed by atoms with Gasteiger partial charge >= 0.3 is 0 Å². The molecule has 1 amide bonds. The van der Waals surface area contributed by atoms with Crippen LogP contribution in [0.5, 0.6) is 0 Å². The summed E-state index contributed by atoms with van der Waals surface area (Å²) in [6.07, 6.45) is 0. The highest BCUT2D eigenvalue weighted by Gasteiger charge is 2.20. The molecule has 0 unspecified atom stereocenters. The summed E-state index contributed by atoms with van der Waals surface area (Å²) in [6.45, 7) is 3.38. The molecule has 3 rings (SSSR count). The number of aromatic nitrogens is 1. The van der Waals surface area contributed by atoms with Gasteiger partial charge in [-0.05, 0) is 63.0 Å². The number of carbonyl (C=O) groups excluding carboxylic acids is 1. The number of hydrogen-bond acceptors (Lipinski definition) is 5. The van der Waals surface area contributed by atoms with Crippen molar-refractivity contribution in [3.05, 3.63) is 53.8 Å². The molecule has 1 aromatic heterocycles. The summed E-state index contributed by atoms with van der Waals surface area (Å²) in [7, 11) is 3.97. The number of hydrogen-bond donors (Lipinski definition) is 0. The lowest BCUT2D eigenvalue weighted by molar-refractivity contribution is -0.116. The molecule has 0 aliphatic heterocycles. The highest BCUT2D eigenvalue weighted by atomic mass is 32.2. The largest absolute Gasteiger partial charge is 0.308 e. The molecule has 0 fully saturated rings. The Bertz CT molecular complexity index is 925. The van der Waals surface area contributed by atoms with Crippen LogP contribution in [0.1, 0.15) is 5.56 Å². The van der Waals surface area contributed by atoms with E-state index in [1.54, 1.807) is 17.0 Å². The zero-order valence-corrected chi connectivity index (χ0v) is 17.2. The Labute approximate surface area is 167 Å². The molecule has 142 valence electrons. The van der Waals surface area contributed by atoms with Gasteiger partial charge in [0.2, 0.25) is 5.91 Å². The molecule has 0 saturated heterocycles. The maximum atomic E-state index is 13.0. The fraction of sp³-hybridized carbons (Fsp3) is 0.300. The second kappa shape index (κ2) is 8.82. The maximum absolute atomic E-state index is 13.0. The van der Waals surface area contributed by atoms with Crippen LogP contribution in [0.15, 0.2) is 47.4 Å². The standard InChI is InChI=1S/C20H22FN3OS2/c1-14-4-9-17-18(12-14)27-20(22-17)24(11-10-23(2)3)19(25)13-26-16-7-5-15(21)6-8-16/h4-9,12H,10-11,13H2,1-3H3. The lowest BCUT2D eigenvalue weighted by atomic mass is 10.2. The third-order valence-electron chi connectivity index (χ3n) is 4.01. The number of nitrogens with zero attached hydrogens (tertiary/aromatic N) is 3. The number of amides is 1. The molecule has 0 atom stereocenters. The summed E-state index contributed by atoms with van der Waals surface area (Å²) >= 11 is 2.95. The lowest BCUT2D eigenvalue weighted by Crippen LogP contribution is -2.37. The molecule has 0 aliphatic carbocycles. The van der Waals surface area contributed by atoms with Gasteiger partial charge < -0.3 is 4.90 Å². The van der Waals surface area contributed by atoms with E-state index in [1.807, 2.05) is 38.1 Å². The van der Waals surface area contributed by atoms with Gasteiger partial charge in [-0.15, -0.1) is 11.8 Å². The smallest absolute Gasteiger partial charge is 0.239 e. The van der Waals surface area contributed by atoms with E-state index in [4.69, 9.17) is 0 Å². The van der Waals surface area contributed by atoms with Crippen molar-refractivity contribution >= 4 is 44.4 Å². The van der Waals surface area contributed by atoms with Gasteiger partial charge in [-0.3, -0.25) is 9.69 Å². The van der Waals surface area contributed by atoms with Crippen molar-refractivity contribution in [2.75, 3.05) is 37.8 Å². The fourth-order valence-electron chi connectivity index (χ4n) is 2.52. The van der Waals surface area contributed by atoms with Crippen molar-refractivity contribution in [2.24, 2.45) is 0 Å². The van der Waals surface area contributed by atoms with E-state index in [0.29, 0.717) is 6.54 Å². The van der Waals surface area contributed by atoms with E-state index in [1.165, 1.54) is 40.8 Å². The zero-order valence-electron chi connectivity index (χ0n) is 15.6. The molecule has 2 aromatic carbocycles. The third kappa shape index (κ3) is 5.28. The van der Waals surface area contributed by atoms with Crippen LogP contribution >= 0.6 is 23.1 Å². The van der Waals surface area contributed by atoms with Crippen LogP contribution in [0.25, 0.3) is 10.2 Å². The Kier molecular flexibility index (Phi) is 6.46. The Morgan fingerprint density at radius 1 is 1.15 bits per heavy atom. The summed E-state index contributed by atoms with van der Waals surface area (Å²) in [5, 5.41) is 0.724. The first-order chi connectivity index (χ1) is 12.9. The second-order valence-electron chi connectivity index (χ2n) is 6.56. The Hall–Kier alpha value is -1.96. The number of thiazole rings is 1. The third-order valence-corrected chi connectivity index (χ3v) is 6.05. The minimum atomic E-state index is -0.275. The van der Waals surface area contributed by atoms with Crippen molar-refractivity contribution in [3.8, 4) is 0 Å². The lowest BCUT2D eigenvalue weighted by Gasteiger charge is -2.21. The van der Waals surface area contributed by atoms with Crippen LogP contribution in [-0.4, -0.2) is 48.7 Å². The van der Waals surface area contributed by atoms with E-state index >= 15 is 0 Å². The van der Waals surface area contributed by atoms with Gasteiger partial charge in [0.05, 0.1) is 16.0 Å². The Morgan fingerprint density at radius 2 is 1.89 bits per heavy atom. The van der Waals surface area contributed by atoms with Crippen LogP contribution in [-0.2, 0) is 4.79 Å². The molecule has 7 heteroatoms. The first-order valence-electron chi connectivity index (χ1n) is 8.63. The van der Waals surface area contributed by atoms with Crippen molar-refractivity contribution in [1.82, 2.24) is 9.88 Å². The number of thioether (sulfide) groups is 1. The number of likely N-dealkylation sites (N-methyl/N-ethyl adjacent to an activating group) is 1. The maximum Gasteiger partial charge on any atom is 0.239 e. The molecule has 4 nitrogen and oxygen atoms in total. The van der Waals surface area contributed by atoms with Gasteiger partial charge in [0.25, 0.3) is 0 Å². The highest BCUT2D eigenvalue weighted by Crippen LogP contribution is 2.30. The van der Waals surface area contributed by atoms with Gasteiger partial charge in [0.15, 0.2) is 5.13 Å². The first-order valence-corrected chi connectivity index (χ1v) is 10.4. The van der Waals surface area contributed by atoms with Crippen LogP contribution in [0, 0.1) is 12.7 Å². The summed E-state index contributed by atoms with van der Waals surface area (Å²) in [4.78, 5) is 22.3. The molecule has 0 aliphatic rings. The molecule has 1 heterocycles. The van der Waals surface area contributed by atoms with Crippen molar-refractivity contribution in [2.45, 2.75) is 11.8 Å². The number of rotatable bonds is 7. The van der Waals surface area contributed by atoms with Crippen molar-refractivity contribution in [1.29, 1.82) is 0 Å². The quantitative estimate of drug-likeness (QED) is 0.547. The first kappa shape index (κ1) is 19.8. The second-order valence-corrected chi connectivity index (χ2v) is 8.62. The van der Waals surface area contributed by atoms with Gasteiger partial charge in [-0.25, -0.2) is 9.37 Å². The average Bonchev–Trinajstić information content (AvgIpc) is 3.03.